The number of rotatable bonds is 5. The molecule has 2 N–H and O–H groups in total. The van der Waals surface area contributed by atoms with Crippen LogP contribution in [0.5, 0.6) is 5.75 Å². The molecule has 0 unspecified atom stereocenters. The number of aryl methyl sites for hydroxylation is 1. The summed E-state index contributed by atoms with van der Waals surface area (Å²) in [4.78, 5) is 24.2. The lowest BCUT2D eigenvalue weighted by Crippen LogP contribution is -2.36. The van der Waals surface area contributed by atoms with E-state index in [1.165, 1.54) is 0 Å². The minimum absolute atomic E-state index is 0.151. The third-order valence-corrected chi connectivity index (χ3v) is 4.53. The highest BCUT2D eigenvalue weighted by molar-refractivity contribution is 5.85. The largest absolute Gasteiger partial charge is 0.493 e. The zero-order chi connectivity index (χ0) is 17.8. The van der Waals surface area contributed by atoms with Crippen LogP contribution in [0, 0.1) is 6.92 Å². The van der Waals surface area contributed by atoms with Crippen molar-refractivity contribution in [1.29, 1.82) is 0 Å². The molecule has 0 radical (unpaired) electrons. The summed E-state index contributed by atoms with van der Waals surface area (Å²) in [5.74, 6) is -0.712. The van der Waals surface area contributed by atoms with Gasteiger partial charge in [0.2, 0.25) is 5.91 Å². The summed E-state index contributed by atoms with van der Waals surface area (Å²) in [5.41, 5.74) is 2.64. The first-order chi connectivity index (χ1) is 12.1. The number of nitrogens with one attached hydrogen (secondary N) is 1. The van der Waals surface area contributed by atoms with E-state index in [-0.39, 0.29) is 18.2 Å². The highest BCUT2D eigenvalue weighted by Crippen LogP contribution is 2.34. The molecule has 3 rings (SSSR count). The van der Waals surface area contributed by atoms with Crippen LogP contribution in [0.2, 0.25) is 0 Å². The molecule has 130 valence electrons. The predicted octanol–water partition coefficient (Wildman–Crippen LogP) is 3.19. The quantitative estimate of drug-likeness (QED) is 0.877. The fourth-order valence-corrected chi connectivity index (χ4v) is 3.28. The Hall–Kier alpha value is -2.82. The van der Waals surface area contributed by atoms with E-state index in [0.717, 1.165) is 22.4 Å². The van der Waals surface area contributed by atoms with Gasteiger partial charge in [-0.15, -0.1) is 0 Å². The second kappa shape index (κ2) is 7.38. The van der Waals surface area contributed by atoms with E-state index < -0.39 is 12.0 Å². The third kappa shape index (κ3) is 3.82. The van der Waals surface area contributed by atoms with Gasteiger partial charge in [-0.25, -0.2) is 0 Å². The second-order valence-corrected chi connectivity index (χ2v) is 6.24. The minimum Gasteiger partial charge on any atom is -0.493 e. The molecular weight excluding hydrogens is 318 g/mol. The Bertz CT molecular complexity index is 787. The van der Waals surface area contributed by atoms with Crippen LogP contribution in [0.3, 0.4) is 0 Å². The van der Waals surface area contributed by atoms with Gasteiger partial charge in [-0.2, -0.15) is 0 Å². The summed E-state index contributed by atoms with van der Waals surface area (Å²) >= 11 is 0. The first kappa shape index (κ1) is 17.0. The van der Waals surface area contributed by atoms with Crippen molar-refractivity contribution in [2.45, 2.75) is 31.7 Å². The summed E-state index contributed by atoms with van der Waals surface area (Å²) in [7, 11) is 0. The number of hydrogen-bond acceptors (Lipinski definition) is 3. The van der Waals surface area contributed by atoms with Crippen LogP contribution in [-0.4, -0.2) is 23.6 Å². The molecule has 2 aromatic rings. The van der Waals surface area contributed by atoms with Gasteiger partial charge in [0.15, 0.2) is 0 Å². The van der Waals surface area contributed by atoms with E-state index in [1.807, 2.05) is 55.5 Å². The zero-order valence-electron chi connectivity index (χ0n) is 14.1. The smallest absolute Gasteiger partial charge is 0.305 e. The standard InChI is InChI=1S/C20H21NO4/c1-13-6-2-3-7-14(13)17(12-19(22)23)21-20(24)16-10-11-25-18-9-5-4-8-15(16)18/h2-9,16-17H,10-12H2,1H3,(H,21,24)(H,22,23)/t16-,17+/m1/s1. The molecule has 1 aliphatic heterocycles. The Morgan fingerprint density at radius 1 is 1.20 bits per heavy atom. The maximum Gasteiger partial charge on any atom is 0.305 e. The van der Waals surface area contributed by atoms with Crippen LogP contribution in [0.15, 0.2) is 48.5 Å². The molecule has 1 aliphatic rings. The summed E-state index contributed by atoms with van der Waals surface area (Å²) in [6.45, 7) is 2.39. The molecular formula is C20H21NO4. The molecule has 25 heavy (non-hydrogen) atoms. The summed E-state index contributed by atoms with van der Waals surface area (Å²) in [6.07, 6.45) is 0.428. The molecule has 0 fully saturated rings. The Labute approximate surface area is 146 Å². The van der Waals surface area contributed by atoms with Crippen LogP contribution >= 0.6 is 0 Å². The number of carboxylic acids is 1. The molecule has 5 nitrogen and oxygen atoms in total. The van der Waals surface area contributed by atoms with Crippen LogP contribution in [-0.2, 0) is 9.59 Å². The third-order valence-electron chi connectivity index (χ3n) is 4.53. The fourth-order valence-electron chi connectivity index (χ4n) is 3.28. The summed E-state index contributed by atoms with van der Waals surface area (Å²) in [6, 6.07) is 14.5. The number of ether oxygens (including phenoxy) is 1. The molecule has 0 saturated heterocycles. The SMILES string of the molecule is Cc1ccccc1[C@H](CC(=O)O)NC(=O)[C@@H]1CCOc2ccccc21. The van der Waals surface area contributed by atoms with Gasteiger partial charge in [0.1, 0.15) is 5.75 Å². The van der Waals surface area contributed by atoms with E-state index in [9.17, 15) is 14.7 Å². The van der Waals surface area contributed by atoms with Crippen molar-refractivity contribution in [3.63, 3.8) is 0 Å². The molecule has 1 heterocycles. The minimum atomic E-state index is -0.944. The lowest BCUT2D eigenvalue weighted by atomic mass is 9.91. The van der Waals surface area contributed by atoms with E-state index >= 15 is 0 Å². The molecule has 0 aromatic heterocycles. The molecule has 5 heteroatoms. The lowest BCUT2D eigenvalue weighted by molar-refractivity contribution is -0.137. The van der Waals surface area contributed by atoms with Crippen LogP contribution < -0.4 is 10.1 Å². The van der Waals surface area contributed by atoms with Crippen molar-refractivity contribution in [3.05, 3.63) is 65.2 Å². The number of carboxylic acid groups (broad SMARTS) is 1. The molecule has 0 saturated carbocycles. The molecule has 0 spiro atoms. The van der Waals surface area contributed by atoms with Gasteiger partial charge in [0.25, 0.3) is 0 Å². The zero-order valence-corrected chi connectivity index (χ0v) is 14.1. The normalized spacial score (nSPS) is 17.1. The van der Waals surface area contributed by atoms with Crippen LogP contribution in [0.4, 0.5) is 0 Å². The van der Waals surface area contributed by atoms with Gasteiger partial charge >= 0.3 is 5.97 Å². The van der Waals surface area contributed by atoms with Crippen molar-refractivity contribution in [1.82, 2.24) is 5.32 Å². The van der Waals surface area contributed by atoms with E-state index in [0.29, 0.717) is 13.0 Å². The topological polar surface area (TPSA) is 75.6 Å². The predicted molar refractivity (Wildman–Crippen MR) is 93.6 cm³/mol. The highest BCUT2D eigenvalue weighted by atomic mass is 16.5. The van der Waals surface area contributed by atoms with E-state index in [4.69, 9.17) is 4.74 Å². The number of fused-ring (bicyclic) bond motifs is 1. The molecule has 1 amide bonds. The van der Waals surface area contributed by atoms with Gasteiger partial charge in [-0.05, 0) is 30.5 Å². The fraction of sp³-hybridized carbons (Fsp3) is 0.300. The van der Waals surface area contributed by atoms with Crippen molar-refractivity contribution >= 4 is 11.9 Å². The molecule has 0 bridgehead atoms. The summed E-state index contributed by atoms with van der Waals surface area (Å²) in [5, 5.41) is 12.2. The monoisotopic (exact) mass is 339 g/mol. The van der Waals surface area contributed by atoms with Gasteiger partial charge in [-0.1, -0.05) is 42.5 Å². The average molecular weight is 339 g/mol. The van der Waals surface area contributed by atoms with Gasteiger partial charge in [0.05, 0.1) is 25.0 Å². The maximum atomic E-state index is 12.9. The van der Waals surface area contributed by atoms with E-state index in [1.54, 1.807) is 0 Å². The van der Waals surface area contributed by atoms with Gasteiger partial charge < -0.3 is 15.2 Å². The van der Waals surface area contributed by atoms with Crippen LogP contribution in [0.25, 0.3) is 0 Å². The number of benzene rings is 2. The van der Waals surface area contributed by atoms with Gasteiger partial charge in [0, 0.05) is 5.56 Å². The first-order valence-corrected chi connectivity index (χ1v) is 8.35. The number of carbonyl (C=O) groups is 2. The maximum absolute atomic E-state index is 12.9. The number of para-hydroxylation sites is 1. The first-order valence-electron chi connectivity index (χ1n) is 8.35. The number of amides is 1. The van der Waals surface area contributed by atoms with Crippen molar-refractivity contribution < 1.29 is 19.4 Å². The lowest BCUT2D eigenvalue weighted by Gasteiger charge is -2.27. The number of hydrogen-bond donors (Lipinski definition) is 2. The Morgan fingerprint density at radius 2 is 1.92 bits per heavy atom. The molecule has 2 aromatic carbocycles. The average Bonchev–Trinajstić information content (AvgIpc) is 2.60. The van der Waals surface area contributed by atoms with Gasteiger partial charge in [-0.3, -0.25) is 9.59 Å². The van der Waals surface area contributed by atoms with Crippen molar-refractivity contribution in [3.8, 4) is 5.75 Å². The van der Waals surface area contributed by atoms with Crippen LogP contribution in [0.1, 0.15) is 41.5 Å². The number of aliphatic carboxylic acids is 1. The molecule has 0 aliphatic carbocycles. The van der Waals surface area contributed by atoms with Crippen molar-refractivity contribution in [2.24, 2.45) is 0 Å². The molecule has 2 atom stereocenters. The summed E-state index contributed by atoms with van der Waals surface area (Å²) < 4.78 is 5.60. The Balaban J connectivity index is 1.84. The van der Waals surface area contributed by atoms with E-state index in [2.05, 4.69) is 5.32 Å². The van der Waals surface area contributed by atoms with Crippen molar-refractivity contribution in [2.75, 3.05) is 6.61 Å². The Morgan fingerprint density at radius 3 is 2.68 bits per heavy atom. The second-order valence-electron chi connectivity index (χ2n) is 6.24. The Kier molecular flexibility index (Phi) is 5.03. The number of carbonyl (C=O) groups excluding carboxylic acids is 1. The highest BCUT2D eigenvalue weighted by Gasteiger charge is 2.30.